The van der Waals surface area contributed by atoms with Gasteiger partial charge in [0.05, 0.1) is 37.8 Å². The van der Waals surface area contributed by atoms with Gasteiger partial charge in [-0.25, -0.2) is 8.78 Å². The first-order valence-corrected chi connectivity index (χ1v) is 8.21. The minimum atomic E-state index is -2.77. The maximum atomic E-state index is 12.9. The van der Waals surface area contributed by atoms with E-state index in [0.29, 0.717) is 19.5 Å². The van der Waals surface area contributed by atoms with Crippen LogP contribution >= 0.6 is 0 Å². The van der Waals surface area contributed by atoms with Crippen LogP contribution in [0.2, 0.25) is 0 Å². The summed E-state index contributed by atoms with van der Waals surface area (Å²) in [6.45, 7) is 3.80. The van der Waals surface area contributed by atoms with Crippen LogP contribution in [-0.2, 0) is 16.1 Å². The molecule has 1 aromatic rings. The van der Waals surface area contributed by atoms with Crippen molar-refractivity contribution in [1.29, 1.82) is 0 Å². The number of likely N-dealkylation sites (tertiary alicyclic amines) is 1. The summed E-state index contributed by atoms with van der Waals surface area (Å²) in [6.07, 6.45) is 2.17. The van der Waals surface area contributed by atoms with Gasteiger partial charge in [-0.2, -0.15) is 5.10 Å². The number of rotatable bonds is 4. The number of hydrogen-bond donors (Lipinski definition) is 0. The molecule has 2 aliphatic rings. The molecule has 1 fully saturated rings. The quantitative estimate of drug-likeness (QED) is 0.838. The van der Waals surface area contributed by atoms with Crippen molar-refractivity contribution in [2.24, 2.45) is 5.92 Å². The molecule has 0 spiro atoms. The van der Waals surface area contributed by atoms with E-state index in [2.05, 4.69) is 5.10 Å². The Bertz CT molecular complexity index is 636. The number of hydrogen-bond acceptors (Lipinski definition) is 3. The highest BCUT2D eigenvalue weighted by Crippen LogP contribution is 2.30. The van der Waals surface area contributed by atoms with Crippen LogP contribution in [0.1, 0.15) is 38.4 Å². The average Bonchev–Trinajstić information content (AvgIpc) is 2.92. The summed E-state index contributed by atoms with van der Waals surface area (Å²) in [4.78, 5) is 27.5. The molecule has 3 heterocycles. The second-order valence-electron chi connectivity index (χ2n) is 7.10. The number of nitrogens with zero attached hydrogens (tertiary/aromatic N) is 4. The highest BCUT2D eigenvalue weighted by Gasteiger charge is 2.46. The Labute approximate surface area is 139 Å². The second kappa shape index (κ2) is 6.14. The van der Waals surface area contributed by atoms with Gasteiger partial charge in [0.2, 0.25) is 11.8 Å². The molecule has 3 rings (SSSR count). The van der Waals surface area contributed by atoms with E-state index in [0.717, 1.165) is 10.6 Å². The summed E-state index contributed by atoms with van der Waals surface area (Å²) in [7, 11) is 0. The minimum Gasteiger partial charge on any atom is -0.335 e. The molecule has 1 saturated heterocycles. The number of alkyl halides is 2. The fourth-order valence-corrected chi connectivity index (χ4v) is 3.23. The van der Waals surface area contributed by atoms with E-state index >= 15 is 0 Å². The third kappa shape index (κ3) is 3.42. The SMILES string of the molecule is CC(C)CC(=O)N1Cc2ccnn2[C@@H](CC(=O)N2CC(F)(F)C2)C1. The Morgan fingerprint density at radius 3 is 2.62 bits per heavy atom. The maximum absolute atomic E-state index is 12.9. The zero-order valence-corrected chi connectivity index (χ0v) is 13.9. The lowest BCUT2D eigenvalue weighted by atomic mass is 10.0. The molecule has 24 heavy (non-hydrogen) atoms. The molecule has 6 nitrogen and oxygen atoms in total. The van der Waals surface area contributed by atoms with Gasteiger partial charge in [-0.1, -0.05) is 13.8 Å². The first-order valence-electron chi connectivity index (χ1n) is 8.21. The van der Waals surface area contributed by atoms with Crippen LogP contribution in [-0.4, -0.2) is 57.0 Å². The van der Waals surface area contributed by atoms with Gasteiger partial charge >= 0.3 is 0 Å². The molecule has 0 bridgehead atoms. The molecule has 1 atom stereocenters. The Morgan fingerprint density at radius 2 is 2.00 bits per heavy atom. The van der Waals surface area contributed by atoms with Crippen LogP contribution in [0.15, 0.2) is 12.3 Å². The fourth-order valence-electron chi connectivity index (χ4n) is 3.23. The second-order valence-corrected chi connectivity index (χ2v) is 7.10. The van der Waals surface area contributed by atoms with E-state index in [1.54, 1.807) is 15.8 Å². The fraction of sp³-hybridized carbons (Fsp3) is 0.688. The lowest BCUT2D eigenvalue weighted by molar-refractivity contribution is -0.166. The van der Waals surface area contributed by atoms with Crippen LogP contribution in [0, 0.1) is 5.92 Å². The van der Waals surface area contributed by atoms with Gasteiger partial charge in [-0.05, 0) is 12.0 Å². The first-order chi connectivity index (χ1) is 11.2. The van der Waals surface area contributed by atoms with Crippen LogP contribution in [0.25, 0.3) is 0 Å². The largest absolute Gasteiger partial charge is 0.335 e. The van der Waals surface area contributed by atoms with Crippen molar-refractivity contribution in [2.75, 3.05) is 19.6 Å². The molecule has 132 valence electrons. The number of fused-ring (bicyclic) bond motifs is 1. The van der Waals surface area contributed by atoms with E-state index < -0.39 is 19.0 Å². The first kappa shape index (κ1) is 16.9. The third-order valence-electron chi connectivity index (χ3n) is 4.43. The molecule has 0 aliphatic carbocycles. The minimum absolute atomic E-state index is 0.0467. The van der Waals surface area contributed by atoms with Gasteiger partial charge in [0.1, 0.15) is 0 Å². The number of carbonyl (C=O) groups excluding carboxylic acids is 2. The van der Waals surface area contributed by atoms with Crippen LogP contribution in [0.4, 0.5) is 8.78 Å². The molecule has 2 aliphatic heterocycles. The Kier molecular flexibility index (Phi) is 4.31. The van der Waals surface area contributed by atoms with Crippen LogP contribution in [0.5, 0.6) is 0 Å². The van der Waals surface area contributed by atoms with E-state index in [9.17, 15) is 18.4 Å². The Hall–Kier alpha value is -1.99. The number of carbonyl (C=O) groups is 2. The van der Waals surface area contributed by atoms with E-state index in [1.165, 1.54) is 0 Å². The van der Waals surface area contributed by atoms with Gasteiger partial charge in [-0.3, -0.25) is 14.3 Å². The molecule has 1 aromatic heterocycles. The molecule has 8 heteroatoms. The van der Waals surface area contributed by atoms with Gasteiger partial charge in [-0.15, -0.1) is 0 Å². The van der Waals surface area contributed by atoms with Crippen molar-refractivity contribution < 1.29 is 18.4 Å². The molecular weight excluding hydrogens is 318 g/mol. The van der Waals surface area contributed by atoms with Gasteiger partial charge in [0.15, 0.2) is 0 Å². The number of amides is 2. The predicted molar refractivity (Wildman–Crippen MR) is 82.3 cm³/mol. The summed E-state index contributed by atoms with van der Waals surface area (Å²) in [5.41, 5.74) is 0.866. The highest BCUT2D eigenvalue weighted by atomic mass is 19.3. The Balaban J connectivity index is 1.68. The van der Waals surface area contributed by atoms with Gasteiger partial charge < -0.3 is 9.80 Å². The molecule has 0 saturated carbocycles. The molecule has 0 N–H and O–H groups in total. The zero-order chi connectivity index (χ0) is 17.5. The molecule has 0 radical (unpaired) electrons. The van der Waals surface area contributed by atoms with E-state index in [-0.39, 0.29) is 30.2 Å². The summed E-state index contributed by atoms with van der Waals surface area (Å²) >= 11 is 0. The third-order valence-corrected chi connectivity index (χ3v) is 4.43. The van der Waals surface area contributed by atoms with E-state index in [4.69, 9.17) is 0 Å². The van der Waals surface area contributed by atoms with Crippen LogP contribution in [0.3, 0.4) is 0 Å². The maximum Gasteiger partial charge on any atom is 0.282 e. The Morgan fingerprint density at radius 1 is 1.29 bits per heavy atom. The lowest BCUT2D eigenvalue weighted by Crippen LogP contribution is -2.59. The summed E-state index contributed by atoms with van der Waals surface area (Å²) in [5, 5.41) is 4.24. The van der Waals surface area contributed by atoms with Gasteiger partial charge in [0, 0.05) is 19.2 Å². The smallest absolute Gasteiger partial charge is 0.282 e. The van der Waals surface area contributed by atoms with Crippen molar-refractivity contribution in [1.82, 2.24) is 19.6 Å². The standard InChI is InChI=1S/C16H22F2N4O2/c1-11(2)5-14(23)20-7-12-3-4-19-22(12)13(8-20)6-15(24)21-9-16(17,18)10-21/h3-4,11,13H,5-10H2,1-2H3/t13-/m0/s1. The van der Waals surface area contributed by atoms with Crippen LogP contribution < -0.4 is 0 Å². The molecule has 2 amide bonds. The van der Waals surface area contributed by atoms with Crippen molar-refractivity contribution in [2.45, 2.75) is 45.2 Å². The van der Waals surface area contributed by atoms with Crippen molar-refractivity contribution in [3.8, 4) is 0 Å². The summed E-state index contributed by atoms with van der Waals surface area (Å²) in [6, 6.07) is 1.52. The van der Waals surface area contributed by atoms with Crippen molar-refractivity contribution in [3.63, 3.8) is 0 Å². The molecule has 0 aromatic carbocycles. The molecular formula is C16H22F2N4O2. The zero-order valence-electron chi connectivity index (χ0n) is 13.9. The average molecular weight is 340 g/mol. The molecule has 0 unspecified atom stereocenters. The van der Waals surface area contributed by atoms with E-state index in [1.807, 2.05) is 19.9 Å². The predicted octanol–water partition coefficient (Wildman–Crippen LogP) is 1.68. The number of halogens is 2. The summed E-state index contributed by atoms with van der Waals surface area (Å²) < 4.78 is 27.6. The number of aromatic nitrogens is 2. The van der Waals surface area contributed by atoms with Crippen molar-refractivity contribution >= 4 is 11.8 Å². The highest BCUT2D eigenvalue weighted by molar-refractivity contribution is 5.79. The monoisotopic (exact) mass is 340 g/mol. The summed E-state index contributed by atoms with van der Waals surface area (Å²) in [5.74, 6) is -2.78. The van der Waals surface area contributed by atoms with Gasteiger partial charge in [0.25, 0.3) is 5.92 Å². The lowest BCUT2D eigenvalue weighted by Gasteiger charge is -2.40. The van der Waals surface area contributed by atoms with Crippen molar-refractivity contribution in [3.05, 3.63) is 18.0 Å². The topological polar surface area (TPSA) is 58.4 Å². The normalized spacial score (nSPS) is 22.3.